The highest BCUT2D eigenvalue weighted by atomic mass is 16.5. The van der Waals surface area contributed by atoms with Crippen LogP contribution in [0.2, 0.25) is 0 Å². The van der Waals surface area contributed by atoms with Crippen molar-refractivity contribution in [3.05, 3.63) is 17.7 Å². The number of phenolic OH excluding ortho intramolecular Hbond substituents is 2. The summed E-state index contributed by atoms with van der Waals surface area (Å²) >= 11 is 0. The van der Waals surface area contributed by atoms with E-state index >= 15 is 0 Å². The Morgan fingerprint density at radius 1 is 1.43 bits per heavy atom. The maximum absolute atomic E-state index is 10.5. The summed E-state index contributed by atoms with van der Waals surface area (Å²) in [6.45, 7) is 1.69. The fourth-order valence-electron chi connectivity index (χ4n) is 1.11. The molecule has 0 aliphatic rings. The minimum Gasteiger partial charge on any atom is -0.504 e. The van der Waals surface area contributed by atoms with Gasteiger partial charge >= 0.3 is 0 Å². The molecule has 2 N–H and O–H groups in total. The van der Waals surface area contributed by atoms with Crippen LogP contribution in [0.15, 0.2) is 12.1 Å². The van der Waals surface area contributed by atoms with Gasteiger partial charge in [0.2, 0.25) is 5.75 Å². The Morgan fingerprint density at radius 3 is 2.57 bits per heavy atom. The molecule has 1 atom stereocenters. The number of phenols is 2. The molecule has 0 saturated carbocycles. The highest BCUT2D eigenvalue weighted by molar-refractivity contribution is 5.64. The first-order valence-corrected chi connectivity index (χ1v) is 4.15. The summed E-state index contributed by atoms with van der Waals surface area (Å²) in [6, 6.07) is 2.87. The first kappa shape index (κ1) is 10.4. The molecule has 0 amide bonds. The molecule has 0 fully saturated rings. The van der Waals surface area contributed by atoms with Crippen molar-refractivity contribution in [2.24, 2.45) is 0 Å². The molecule has 14 heavy (non-hydrogen) atoms. The van der Waals surface area contributed by atoms with E-state index in [-0.39, 0.29) is 23.2 Å². The molecule has 1 aromatic carbocycles. The Morgan fingerprint density at radius 2 is 2.07 bits per heavy atom. The summed E-state index contributed by atoms with van der Waals surface area (Å²) in [5.74, 6) is -0.772. The quantitative estimate of drug-likeness (QED) is 0.566. The van der Waals surface area contributed by atoms with E-state index in [1.165, 1.54) is 19.2 Å². The third kappa shape index (κ3) is 1.79. The van der Waals surface area contributed by atoms with E-state index in [2.05, 4.69) is 0 Å². The molecule has 0 heterocycles. The standard InChI is InChI=1S/C10H12O4/c1-6(5-11)7-3-8(12)10(13)9(4-7)14-2/h3-6,12-13H,1-2H3. The summed E-state index contributed by atoms with van der Waals surface area (Å²) in [4.78, 5) is 10.5. The third-order valence-corrected chi connectivity index (χ3v) is 2.03. The molecule has 0 bridgehead atoms. The number of methoxy groups -OCH3 is 1. The zero-order chi connectivity index (χ0) is 10.7. The van der Waals surface area contributed by atoms with Gasteiger partial charge in [0.25, 0.3) is 0 Å². The molecule has 0 aliphatic carbocycles. The SMILES string of the molecule is COc1cc(C(C)C=O)cc(O)c1O. The Hall–Kier alpha value is -1.71. The van der Waals surface area contributed by atoms with Crippen LogP contribution >= 0.6 is 0 Å². The van der Waals surface area contributed by atoms with Crippen molar-refractivity contribution in [3.63, 3.8) is 0 Å². The van der Waals surface area contributed by atoms with E-state index in [4.69, 9.17) is 4.74 Å². The fourth-order valence-corrected chi connectivity index (χ4v) is 1.11. The van der Waals surface area contributed by atoms with Gasteiger partial charge in [-0.1, -0.05) is 6.92 Å². The van der Waals surface area contributed by atoms with Gasteiger partial charge in [-0.3, -0.25) is 0 Å². The number of ether oxygens (including phenoxy) is 1. The Balaban J connectivity index is 3.22. The van der Waals surface area contributed by atoms with Crippen LogP contribution in [0.5, 0.6) is 17.2 Å². The predicted octanol–water partition coefficient (Wildman–Crippen LogP) is 1.41. The second kappa shape index (κ2) is 4.00. The second-order valence-electron chi connectivity index (χ2n) is 3.02. The number of aromatic hydroxyl groups is 2. The van der Waals surface area contributed by atoms with Gasteiger partial charge in [0.05, 0.1) is 7.11 Å². The molecule has 4 nitrogen and oxygen atoms in total. The molecule has 0 spiro atoms. The molecule has 1 rings (SSSR count). The van der Waals surface area contributed by atoms with Gasteiger partial charge in [0.15, 0.2) is 11.5 Å². The van der Waals surface area contributed by atoms with Crippen LogP contribution in [0.25, 0.3) is 0 Å². The molecule has 4 heteroatoms. The normalized spacial score (nSPS) is 12.1. The first-order valence-electron chi connectivity index (χ1n) is 4.15. The lowest BCUT2D eigenvalue weighted by Crippen LogP contribution is -1.95. The fraction of sp³-hybridized carbons (Fsp3) is 0.300. The predicted molar refractivity (Wildman–Crippen MR) is 50.8 cm³/mol. The van der Waals surface area contributed by atoms with Gasteiger partial charge in [0.1, 0.15) is 6.29 Å². The molecule has 0 aliphatic heterocycles. The number of rotatable bonds is 3. The van der Waals surface area contributed by atoms with Gasteiger partial charge in [0, 0.05) is 5.92 Å². The van der Waals surface area contributed by atoms with Crippen LogP contribution in [0.3, 0.4) is 0 Å². The number of aldehydes is 1. The van der Waals surface area contributed by atoms with Crippen molar-refractivity contribution in [1.82, 2.24) is 0 Å². The summed E-state index contributed by atoms with van der Waals surface area (Å²) in [5, 5.41) is 18.6. The van der Waals surface area contributed by atoms with E-state index in [0.29, 0.717) is 5.56 Å². The van der Waals surface area contributed by atoms with Crippen LogP contribution in [-0.2, 0) is 4.79 Å². The lowest BCUT2D eigenvalue weighted by molar-refractivity contribution is -0.108. The number of hydrogen-bond donors (Lipinski definition) is 2. The van der Waals surface area contributed by atoms with E-state index in [9.17, 15) is 15.0 Å². The smallest absolute Gasteiger partial charge is 0.200 e. The van der Waals surface area contributed by atoms with E-state index in [0.717, 1.165) is 6.29 Å². The maximum atomic E-state index is 10.5. The van der Waals surface area contributed by atoms with Crippen molar-refractivity contribution >= 4 is 6.29 Å². The number of benzene rings is 1. The average molecular weight is 196 g/mol. The number of carbonyl (C=O) groups is 1. The monoisotopic (exact) mass is 196 g/mol. The largest absolute Gasteiger partial charge is 0.504 e. The summed E-state index contributed by atoms with van der Waals surface area (Å²) in [5.41, 5.74) is 0.604. The van der Waals surface area contributed by atoms with Gasteiger partial charge < -0.3 is 19.7 Å². The van der Waals surface area contributed by atoms with Gasteiger partial charge in [-0.15, -0.1) is 0 Å². The van der Waals surface area contributed by atoms with Gasteiger partial charge in [-0.2, -0.15) is 0 Å². The van der Waals surface area contributed by atoms with Crippen molar-refractivity contribution < 1.29 is 19.7 Å². The van der Waals surface area contributed by atoms with Gasteiger partial charge in [-0.25, -0.2) is 0 Å². The van der Waals surface area contributed by atoms with E-state index in [1.807, 2.05) is 0 Å². The van der Waals surface area contributed by atoms with Crippen molar-refractivity contribution in [1.29, 1.82) is 0 Å². The molecule has 0 aromatic heterocycles. The van der Waals surface area contributed by atoms with Crippen LogP contribution < -0.4 is 4.74 Å². The minimum absolute atomic E-state index is 0.161. The van der Waals surface area contributed by atoms with Crippen LogP contribution in [0.1, 0.15) is 18.4 Å². The Bertz CT molecular complexity index is 346. The van der Waals surface area contributed by atoms with Crippen LogP contribution in [0.4, 0.5) is 0 Å². The van der Waals surface area contributed by atoms with Crippen molar-refractivity contribution in [2.75, 3.05) is 7.11 Å². The lowest BCUT2D eigenvalue weighted by Gasteiger charge is -2.10. The summed E-state index contributed by atoms with van der Waals surface area (Å²) < 4.78 is 4.84. The molecular formula is C10H12O4. The highest BCUT2D eigenvalue weighted by Gasteiger charge is 2.12. The number of carbonyl (C=O) groups excluding carboxylic acids is 1. The lowest BCUT2D eigenvalue weighted by atomic mass is 10.0. The Labute approximate surface area is 81.8 Å². The molecule has 0 saturated heterocycles. The van der Waals surface area contributed by atoms with Crippen molar-refractivity contribution in [3.8, 4) is 17.2 Å². The molecule has 1 unspecified atom stereocenters. The first-order chi connectivity index (χ1) is 6.60. The summed E-state index contributed by atoms with van der Waals surface area (Å²) in [6.07, 6.45) is 0.755. The second-order valence-corrected chi connectivity index (χ2v) is 3.02. The van der Waals surface area contributed by atoms with Gasteiger partial charge in [-0.05, 0) is 17.7 Å². The van der Waals surface area contributed by atoms with Crippen LogP contribution in [-0.4, -0.2) is 23.6 Å². The van der Waals surface area contributed by atoms with Crippen molar-refractivity contribution in [2.45, 2.75) is 12.8 Å². The molecule has 76 valence electrons. The molecule has 0 radical (unpaired) electrons. The van der Waals surface area contributed by atoms with Crippen LogP contribution in [0, 0.1) is 0 Å². The van der Waals surface area contributed by atoms with E-state index in [1.54, 1.807) is 6.92 Å². The summed E-state index contributed by atoms with van der Waals surface area (Å²) in [7, 11) is 1.38. The third-order valence-electron chi connectivity index (χ3n) is 2.03. The zero-order valence-electron chi connectivity index (χ0n) is 8.02. The van der Waals surface area contributed by atoms with E-state index < -0.39 is 0 Å². The highest BCUT2D eigenvalue weighted by Crippen LogP contribution is 2.37. The maximum Gasteiger partial charge on any atom is 0.200 e. The minimum atomic E-state index is -0.338. The number of hydrogen-bond acceptors (Lipinski definition) is 4. The average Bonchev–Trinajstić information content (AvgIpc) is 2.20. The Kier molecular flexibility index (Phi) is 2.96. The topological polar surface area (TPSA) is 66.8 Å². The molecular weight excluding hydrogens is 184 g/mol. The molecule has 1 aromatic rings. The zero-order valence-corrected chi connectivity index (χ0v) is 8.02.